The molecule has 23 heavy (non-hydrogen) atoms. The predicted molar refractivity (Wildman–Crippen MR) is 102 cm³/mol. The van der Waals surface area contributed by atoms with Gasteiger partial charge in [-0.2, -0.15) is 0 Å². The highest BCUT2D eigenvalue weighted by molar-refractivity contribution is 6.31. The van der Waals surface area contributed by atoms with Gasteiger partial charge in [0, 0.05) is 35.8 Å². The number of anilines is 1. The Kier molecular flexibility index (Phi) is 4.83. The minimum Gasteiger partial charge on any atom is -0.371 e. The van der Waals surface area contributed by atoms with Crippen LogP contribution in [0.5, 0.6) is 0 Å². The average Bonchev–Trinajstić information content (AvgIpc) is 2.82. The summed E-state index contributed by atoms with van der Waals surface area (Å²) < 4.78 is 0. The number of nitrogens with zero attached hydrogens (tertiary/aromatic N) is 1. The number of hydrogen-bond donors (Lipinski definition) is 1. The van der Waals surface area contributed by atoms with E-state index in [9.17, 15) is 0 Å². The van der Waals surface area contributed by atoms with Crippen molar-refractivity contribution in [1.29, 1.82) is 0 Å². The van der Waals surface area contributed by atoms with Gasteiger partial charge in [0.25, 0.3) is 0 Å². The van der Waals surface area contributed by atoms with E-state index in [-0.39, 0.29) is 16.2 Å². The number of hydrogen-bond acceptors (Lipinski definition) is 2. The average molecular weight is 337 g/mol. The smallest absolute Gasteiger partial charge is 0.0430 e. The largest absolute Gasteiger partial charge is 0.371 e. The molecule has 2 rings (SSSR count). The maximum Gasteiger partial charge on any atom is 0.0430 e. The van der Waals surface area contributed by atoms with Crippen LogP contribution in [0.15, 0.2) is 12.1 Å². The number of benzene rings is 1. The summed E-state index contributed by atoms with van der Waals surface area (Å²) in [5.74, 6) is 0. The molecule has 1 unspecified atom stereocenters. The molecule has 0 fully saturated rings. The van der Waals surface area contributed by atoms with E-state index in [1.54, 1.807) is 0 Å². The molecule has 2 N–H and O–H groups in total. The fourth-order valence-corrected chi connectivity index (χ4v) is 5.00. The summed E-state index contributed by atoms with van der Waals surface area (Å²) in [5.41, 5.74) is 10.4. The van der Waals surface area contributed by atoms with Crippen LogP contribution in [0.3, 0.4) is 0 Å². The first-order chi connectivity index (χ1) is 10.6. The fourth-order valence-electron chi connectivity index (χ4n) is 4.76. The van der Waals surface area contributed by atoms with Crippen molar-refractivity contribution >= 4 is 17.3 Å². The van der Waals surface area contributed by atoms with Gasteiger partial charge < -0.3 is 10.6 Å². The van der Waals surface area contributed by atoms with E-state index in [0.29, 0.717) is 6.54 Å². The summed E-state index contributed by atoms with van der Waals surface area (Å²) in [5, 5.41) is 0.793. The number of nitrogens with two attached hydrogens (primary N) is 1. The molecule has 1 aliphatic rings. The van der Waals surface area contributed by atoms with Crippen LogP contribution in [0.2, 0.25) is 5.02 Å². The molecule has 0 saturated carbocycles. The number of fused-ring (bicyclic) bond motifs is 1. The Morgan fingerprint density at radius 1 is 1.17 bits per heavy atom. The van der Waals surface area contributed by atoms with E-state index in [4.69, 9.17) is 17.3 Å². The predicted octanol–water partition coefficient (Wildman–Crippen LogP) is 5.36. The quantitative estimate of drug-likeness (QED) is 0.802. The Labute approximate surface area is 147 Å². The van der Waals surface area contributed by atoms with Gasteiger partial charge in [0.05, 0.1) is 0 Å². The standard InChI is InChI=1S/C20H33ClN2/c1-8-19(6,7)20(18(3,4)5)13-23(9-2)16-11-15(21)10-14(12-22)17(16)20/h10-11H,8-9,12-13,22H2,1-7H3. The molecule has 0 aliphatic carbocycles. The van der Waals surface area contributed by atoms with Crippen LogP contribution < -0.4 is 10.6 Å². The zero-order valence-corrected chi connectivity index (χ0v) is 16.6. The Morgan fingerprint density at radius 2 is 1.78 bits per heavy atom. The minimum absolute atomic E-state index is 0.0549. The van der Waals surface area contributed by atoms with E-state index in [1.165, 1.54) is 16.8 Å². The Hall–Kier alpha value is -0.730. The summed E-state index contributed by atoms with van der Waals surface area (Å²) in [6, 6.07) is 4.21. The Balaban J connectivity index is 2.89. The normalized spacial score (nSPS) is 21.7. The van der Waals surface area contributed by atoms with E-state index in [1.807, 2.05) is 0 Å². The van der Waals surface area contributed by atoms with Crippen molar-refractivity contribution < 1.29 is 0 Å². The maximum absolute atomic E-state index is 6.40. The lowest BCUT2D eigenvalue weighted by Crippen LogP contribution is -2.54. The van der Waals surface area contributed by atoms with E-state index in [2.05, 4.69) is 65.5 Å². The zero-order valence-electron chi connectivity index (χ0n) is 15.9. The molecule has 0 amide bonds. The molecule has 0 aromatic heterocycles. The number of rotatable bonds is 4. The maximum atomic E-state index is 6.40. The van der Waals surface area contributed by atoms with E-state index < -0.39 is 0 Å². The summed E-state index contributed by atoms with van der Waals surface area (Å²) in [4.78, 5) is 2.49. The molecule has 1 aromatic rings. The molecule has 1 heterocycles. The van der Waals surface area contributed by atoms with Crippen molar-refractivity contribution in [2.45, 2.75) is 66.8 Å². The third-order valence-electron chi connectivity index (χ3n) is 6.28. The SMILES string of the molecule is CCN1CC(C(C)(C)C)(C(C)(C)CC)c2c(CN)cc(Cl)cc21. The lowest BCUT2D eigenvalue weighted by atomic mass is 9.50. The van der Waals surface area contributed by atoms with Gasteiger partial charge in [0.1, 0.15) is 0 Å². The van der Waals surface area contributed by atoms with Crippen LogP contribution >= 0.6 is 11.6 Å². The van der Waals surface area contributed by atoms with Crippen molar-refractivity contribution in [3.63, 3.8) is 0 Å². The number of likely N-dealkylation sites (N-methyl/N-ethyl adjacent to an activating group) is 1. The highest BCUT2D eigenvalue weighted by Gasteiger charge is 2.58. The van der Waals surface area contributed by atoms with Gasteiger partial charge in [0.2, 0.25) is 0 Å². The van der Waals surface area contributed by atoms with Gasteiger partial charge in [-0.1, -0.05) is 59.6 Å². The van der Waals surface area contributed by atoms with Crippen LogP contribution in [0.1, 0.15) is 66.0 Å². The summed E-state index contributed by atoms with van der Waals surface area (Å²) in [6.45, 7) is 19.1. The molecule has 0 bridgehead atoms. The van der Waals surface area contributed by atoms with Gasteiger partial charge in [0.15, 0.2) is 0 Å². The first-order valence-corrected chi connectivity index (χ1v) is 9.21. The second-order valence-electron chi connectivity index (χ2n) is 8.57. The molecule has 1 aromatic carbocycles. The third-order valence-corrected chi connectivity index (χ3v) is 6.50. The van der Waals surface area contributed by atoms with Crippen molar-refractivity contribution in [3.8, 4) is 0 Å². The summed E-state index contributed by atoms with van der Waals surface area (Å²) >= 11 is 6.40. The van der Waals surface area contributed by atoms with Gasteiger partial charge in [-0.05, 0) is 41.0 Å². The molecular weight excluding hydrogens is 304 g/mol. The van der Waals surface area contributed by atoms with Crippen molar-refractivity contribution in [2.24, 2.45) is 16.6 Å². The van der Waals surface area contributed by atoms with Crippen LogP contribution in [0, 0.1) is 10.8 Å². The highest BCUT2D eigenvalue weighted by Crippen LogP contribution is 2.61. The Morgan fingerprint density at radius 3 is 2.22 bits per heavy atom. The van der Waals surface area contributed by atoms with E-state index >= 15 is 0 Å². The molecule has 0 radical (unpaired) electrons. The fraction of sp³-hybridized carbons (Fsp3) is 0.700. The minimum atomic E-state index is 0.0549. The summed E-state index contributed by atoms with van der Waals surface area (Å²) in [7, 11) is 0. The van der Waals surface area contributed by atoms with Gasteiger partial charge in [-0.15, -0.1) is 0 Å². The van der Waals surface area contributed by atoms with E-state index in [0.717, 1.165) is 24.5 Å². The monoisotopic (exact) mass is 336 g/mol. The van der Waals surface area contributed by atoms with Crippen LogP contribution in [0.25, 0.3) is 0 Å². The van der Waals surface area contributed by atoms with Gasteiger partial charge in [-0.3, -0.25) is 0 Å². The molecule has 0 saturated heterocycles. The second kappa shape index (κ2) is 5.97. The first-order valence-electron chi connectivity index (χ1n) is 8.83. The zero-order chi connectivity index (χ0) is 17.6. The molecule has 130 valence electrons. The molecule has 1 atom stereocenters. The second-order valence-corrected chi connectivity index (χ2v) is 9.01. The molecule has 3 heteroatoms. The van der Waals surface area contributed by atoms with Crippen LogP contribution in [-0.2, 0) is 12.0 Å². The summed E-state index contributed by atoms with van der Waals surface area (Å²) in [6.07, 6.45) is 1.13. The molecular formula is C20H33ClN2. The highest BCUT2D eigenvalue weighted by atomic mass is 35.5. The first kappa shape index (κ1) is 18.6. The molecule has 0 spiro atoms. The Bertz CT molecular complexity index is 586. The lowest BCUT2D eigenvalue weighted by molar-refractivity contribution is 0.0477. The van der Waals surface area contributed by atoms with Crippen LogP contribution in [-0.4, -0.2) is 13.1 Å². The van der Waals surface area contributed by atoms with Crippen LogP contribution in [0.4, 0.5) is 5.69 Å². The topological polar surface area (TPSA) is 29.3 Å². The van der Waals surface area contributed by atoms with Crippen molar-refractivity contribution in [1.82, 2.24) is 0 Å². The third kappa shape index (κ3) is 2.59. The molecule has 1 aliphatic heterocycles. The van der Waals surface area contributed by atoms with Crippen molar-refractivity contribution in [3.05, 3.63) is 28.3 Å². The number of halogens is 1. The molecule has 2 nitrogen and oxygen atoms in total. The van der Waals surface area contributed by atoms with Crippen molar-refractivity contribution in [2.75, 3.05) is 18.0 Å². The lowest BCUT2D eigenvalue weighted by Gasteiger charge is -2.54. The van der Waals surface area contributed by atoms with Gasteiger partial charge >= 0.3 is 0 Å². The van der Waals surface area contributed by atoms with Gasteiger partial charge in [-0.25, -0.2) is 0 Å².